The van der Waals surface area contributed by atoms with Crippen molar-refractivity contribution in [3.63, 3.8) is 0 Å². The van der Waals surface area contributed by atoms with Gasteiger partial charge in [-0.1, -0.05) is 12.1 Å². The van der Waals surface area contributed by atoms with Gasteiger partial charge < -0.3 is 10.6 Å². The average Bonchev–Trinajstić information content (AvgIpc) is 3.44. The molecular weight excluding hydrogens is 372 g/mol. The molecule has 6 nitrogen and oxygen atoms in total. The summed E-state index contributed by atoms with van der Waals surface area (Å²) in [6, 6.07) is 11.7. The van der Waals surface area contributed by atoms with Crippen LogP contribution in [0.2, 0.25) is 0 Å². The van der Waals surface area contributed by atoms with Gasteiger partial charge in [-0.3, -0.25) is 14.3 Å². The minimum atomic E-state index is 0.440. The number of nitrogens with zero attached hydrogens (tertiary/aromatic N) is 4. The Balaban J connectivity index is 1.28. The Morgan fingerprint density at radius 2 is 2.13 bits per heavy atom. The lowest BCUT2D eigenvalue weighted by molar-refractivity contribution is 0.0687. The van der Waals surface area contributed by atoms with Crippen LogP contribution in [0.3, 0.4) is 0 Å². The number of fused-ring (bicyclic) bond motifs is 4. The molecule has 0 saturated carbocycles. The molecule has 6 rings (SSSR count). The zero-order valence-corrected chi connectivity index (χ0v) is 17.4. The number of imidazole rings is 1. The number of pyridine rings is 2. The van der Waals surface area contributed by atoms with Crippen molar-refractivity contribution in [2.75, 3.05) is 25.0 Å². The smallest absolute Gasteiger partial charge is 0.138 e. The standard InChI is InChI=1S/C24H30N6/c1-6-21(27-19-10-12-25-14-19)30-16-20(28-22(30)7-1)15-29-13-3-5-18-9-8-17-4-2-11-26-23(17)24(18)29/h1-2,4,6-7,11,16,18-19,24-25,27H,3,5,8-10,12-15H2/t18-,19?,24-/m0/s1. The summed E-state index contributed by atoms with van der Waals surface area (Å²) in [5.41, 5.74) is 4.93. The van der Waals surface area contributed by atoms with Crippen molar-refractivity contribution >= 4 is 11.5 Å². The molecule has 3 aliphatic rings. The van der Waals surface area contributed by atoms with Crippen LogP contribution < -0.4 is 10.6 Å². The third-order valence-electron chi connectivity index (χ3n) is 7.17. The minimum Gasteiger partial charge on any atom is -0.367 e. The highest BCUT2D eigenvalue weighted by atomic mass is 15.2. The van der Waals surface area contributed by atoms with Gasteiger partial charge in [0, 0.05) is 31.5 Å². The fourth-order valence-electron chi connectivity index (χ4n) is 5.75. The summed E-state index contributed by atoms with van der Waals surface area (Å²) in [4.78, 5) is 12.4. The molecule has 2 saturated heterocycles. The molecule has 0 radical (unpaired) electrons. The molecule has 30 heavy (non-hydrogen) atoms. The monoisotopic (exact) mass is 402 g/mol. The van der Waals surface area contributed by atoms with Crippen LogP contribution in [-0.2, 0) is 13.0 Å². The summed E-state index contributed by atoms with van der Waals surface area (Å²) in [5, 5.41) is 7.13. The van der Waals surface area contributed by atoms with Gasteiger partial charge in [-0.05, 0) is 74.9 Å². The van der Waals surface area contributed by atoms with Gasteiger partial charge in [-0.15, -0.1) is 0 Å². The first kappa shape index (κ1) is 18.3. The maximum atomic E-state index is 4.98. The molecule has 0 bridgehead atoms. The van der Waals surface area contributed by atoms with Crippen molar-refractivity contribution in [2.45, 2.75) is 50.7 Å². The summed E-state index contributed by atoms with van der Waals surface area (Å²) in [7, 11) is 0. The lowest BCUT2D eigenvalue weighted by Gasteiger charge is -2.44. The average molecular weight is 403 g/mol. The Morgan fingerprint density at radius 3 is 3.07 bits per heavy atom. The van der Waals surface area contributed by atoms with E-state index < -0.39 is 0 Å². The van der Waals surface area contributed by atoms with Crippen LogP contribution in [0, 0.1) is 5.92 Å². The number of nitrogens with one attached hydrogen (secondary N) is 2. The van der Waals surface area contributed by atoms with Gasteiger partial charge in [-0.25, -0.2) is 4.98 Å². The molecule has 0 amide bonds. The van der Waals surface area contributed by atoms with E-state index in [0.29, 0.717) is 12.1 Å². The molecule has 1 unspecified atom stereocenters. The SMILES string of the molecule is c1cnc2c(c1)CC[C@@H]1CCCN(Cc3cn4c(NC5CCNC5)cccc4n3)[C@H]21. The molecule has 2 aliphatic heterocycles. The highest BCUT2D eigenvalue weighted by Gasteiger charge is 2.37. The zero-order chi connectivity index (χ0) is 19.9. The molecule has 0 spiro atoms. The van der Waals surface area contributed by atoms with E-state index in [1.807, 2.05) is 6.20 Å². The molecule has 3 atom stereocenters. The predicted octanol–water partition coefficient (Wildman–Crippen LogP) is 3.40. The van der Waals surface area contributed by atoms with Gasteiger partial charge in [0.05, 0.1) is 17.4 Å². The molecule has 3 aromatic rings. The number of aryl methyl sites for hydroxylation is 1. The zero-order valence-electron chi connectivity index (χ0n) is 17.4. The van der Waals surface area contributed by atoms with E-state index in [-0.39, 0.29) is 0 Å². The van der Waals surface area contributed by atoms with Crippen molar-refractivity contribution in [3.05, 3.63) is 59.7 Å². The first-order valence-corrected chi connectivity index (χ1v) is 11.5. The number of likely N-dealkylation sites (tertiary alicyclic amines) is 1. The van der Waals surface area contributed by atoms with Crippen LogP contribution in [-0.4, -0.2) is 44.9 Å². The highest BCUT2D eigenvalue weighted by Crippen LogP contribution is 2.43. The lowest BCUT2D eigenvalue weighted by atomic mass is 9.77. The summed E-state index contributed by atoms with van der Waals surface area (Å²) >= 11 is 0. The molecule has 2 fully saturated rings. The molecule has 0 aromatic carbocycles. The molecule has 3 aromatic heterocycles. The molecule has 5 heterocycles. The predicted molar refractivity (Wildman–Crippen MR) is 119 cm³/mol. The third kappa shape index (κ3) is 3.28. The van der Waals surface area contributed by atoms with Crippen LogP contribution in [0.4, 0.5) is 5.82 Å². The van der Waals surface area contributed by atoms with Crippen molar-refractivity contribution in [1.29, 1.82) is 0 Å². The van der Waals surface area contributed by atoms with Gasteiger partial charge in [0.25, 0.3) is 0 Å². The van der Waals surface area contributed by atoms with Crippen molar-refractivity contribution in [3.8, 4) is 0 Å². The van der Waals surface area contributed by atoms with Crippen LogP contribution in [0.15, 0.2) is 42.7 Å². The number of piperidine rings is 1. The van der Waals surface area contributed by atoms with E-state index in [9.17, 15) is 0 Å². The van der Waals surface area contributed by atoms with Crippen molar-refractivity contribution in [2.24, 2.45) is 5.92 Å². The van der Waals surface area contributed by atoms with Crippen molar-refractivity contribution in [1.82, 2.24) is 24.6 Å². The Hall–Kier alpha value is -2.44. The number of hydrogen-bond acceptors (Lipinski definition) is 5. The molecular formula is C24H30N6. The van der Waals surface area contributed by atoms with E-state index in [1.165, 1.54) is 43.4 Å². The van der Waals surface area contributed by atoms with E-state index in [4.69, 9.17) is 9.97 Å². The van der Waals surface area contributed by atoms with Gasteiger partial charge in [0.1, 0.15) is 11.5 Å². The third-order valence-corrected chi connectivity index (χ3v) is 7.17. The second-order valence-electron chi connectivity index (χ2n) is 9.11. The fourth-order valence-corrected chi connectivity index (χ4v) is 5.75. The number of aromatic nitrogens is 3. The van der Waals surface area contributed by atoms with Crippen LogP contribution in [0.25, 0.3) is 5.65 Å². The first-order chi connectivity index (χ1) is 14.8. The molecule has 2 N–H and O–H groups in total. The summed E-state index contributed by atoms with van der Waals surface area (Å²) in [5.74, 6) is 1.87. The summed E-state index contributed by atoms with van der Waals surface area (Å²) < 4.78 is 2.22. The van der Waals surface area contributed by atoms with Crippen LogP contribution >= 0.6 is 0 Å². The minimum absolute atomic E-state index is 0.440. The number of anilines is 1. The van der Waals surface area contributed by atoms with Gasteiger partial charge in [0.2, 0.25) is 0 Å². The van der Waals surface area contributed by atoms with E-state index in [0.717, 1.165) is 49.3 Å². The maximum absolute atomic E-state index is 4.98. The van der Waals surface area contributed by atoms with E-state index in [2.05, 4.69) is 56.5 Å². The largest absolute Gasteiger partial charge is 0.367 e. The van der Waals surface area contributed by atoms with Crippen molar-refractivity contribution < 1.29 is 0 Å². The molecule has 156 valence electrons. The fraction of sp³-hybridized carbons (Fsp3) is 0.500. The van der Waals surface area contributed by atoms with Crippen LogP contribution in [0.1, 0.15) is 48.7 Å². The van der Waals surface area contributed by atoms with Gasteiger partial charge >= 0.3 is 0 Å². The van der Waals surface area contributed by atoms with E-state index >= 15 is 0 Å². The maximum Gasteiger partial charge on any atom is 0.138 e. The summed E-state index contributed by atoms with van der Waals surface area (Å²) in [6.07, 6.45) is 10.4. The normalized spacial score (nSPS) is 26.5. The Bertz CT molecular complexity index is 1040. The quantitative estimate of drug-likeness (QED) is 0.701. The van der Waals surface area contributed by atoms with E-state index in [1.54, 1.807) is 0 Å². The van der Waals surface area contributed by atoms with Crippen LogP contribution in [0.5, 0.6) is 0 Å². The Morgan fingerprint density at radius 1 is 1.13 bits per heavy atom. The van der Waals surface area contributed by atoms with Gasteiger partial charge in [0.15, 0.2) is 0 Å². The molecule has 6 heteroatoms. The number of hydrogen-bond donors (Lipinski definition) is 2. The summed E-state index contributed by atoms with van der Waals surface area (Å²) in [6.45, 7) is 4.14. The topological polar surface area (TPSA) is 57.5 Å². The second kappa shape index (κ2) is 7.67. The van der Waals surface area contributed by atoms with Gasteiger partial charge in [-0.2, -0.15) is 0 Å². The first-order valence-electron chi connectivity index (χ1n) is 11.5. The molecule has 1 aliphatic carbocycles. The highest BCUT2D eigenvalue weighted by molar-refractivity contribution is 5.51. The Kier molecular flexibility index (Phi) is 4.69. The second-order valence-corrected chi connectivity index (χ2v) is 9.11. The lowest BCUT2D eigenvalue weighted by Crippen LogP contribution is -2.41. The Labute approximate surface area is 177 Å². The number of rotatable bonds is 4.